The van der Waals surface area contributed by atoms with E-state index in [1.165, 1.54) is 4.31 Å². The Balaban J connectivity index is 1.89. The minimum Gasteiger partial charge on any atom is -0.492 e. The van der Waals surface area contributed by atoms with Gasteiger partial charge in [-0.3, -0.25) is 13.9 Å². The molecule has 3 aromatic carbocycles. The largest absolute Gasteiger partial charge is 0.492 e. The number of benzene rings is 3. The van der Waals surface area contributed by atoms with Gasteiger partial charge in [0.15, 0.2) is 0 Å². The van der Waals surface area contributed by atoms with Gasteiger partial charge in [-0.15, -0.1) is 0 Å². The number of carbonyl (C=O) groups excluding carboxylic acids is 2. The zero-order chi connectivity index (χ0) is 30.7. The first kappa shape index (κ1) is 32.7. The molecule has 0 fully saturated rings. The van der Waals surface area contributed by atoms with Crippen LogP contribution < -0.4 is 14.4 Å². The van der Waals surface area contributed by atoms with E-state index in [2.05, 4.69) is 5.32 Å². The summed E-state index contributed by atoms with van der Waals surface area (Å²) in [6.45, 7) is 8.36. The van der Waals surface area contributed by atoms with Crippen molar-refractivity contribution in [1.82, 2.24) is 10.2 Å². The second-order valence-corrected chi connectivity index (χ2v) is 12.6. The van der Waals surface area contributed by atoms with E-state index in [1.807, 2.05) is 82.3 Å². The normalized spacial score (nSPS) is 12.0. The van der Waals surface area contributed by atoms with E-state index in [-0.39, 0.29) is 43.8 Å². The van der Waals surface area contributed by atoms with E-state index >= 15 is 0 Å². The minimum absolute atomic E-state index is 0.0644. The third-order valence-electron chi connectivity index (χ3n) is 6.76. The lowest BCUT2D eigenvalue weighted by molar-refractivity contribution is -0.141. The van der Waals surface area contributed by atoms with E-state index in [0.717, 1.165) is 22.9 Å². The van der Waals surface area contributed by atoms with Crippen LogP contribution >= 0.6 is 0 Å². The van der Waals surface area contributed by atoms with Gasteiger partial charge in [-0.1, -0.05) is 72.3 Å². The van der Waals surface area contributed by atoms with Gasteiger partial charge in [-0.05, 0) is 57.4 Å². The number of hydrogen-bond donors (Lipinski definition) is 1. The number of ether oxygens (including phenoxy) is 1. The van der Waals surface area contributed by atoms with Crippen molar-refractivity contribution in [1.29, 1.82) is 0 Å². The van der Waals surface area contributed by atoms with Gasteiger partial charge in [0, 0.05) is 32.0 Å². The van der Waals surface area contributed by atoms with Crippen LogP contribution in [0.25, 0.3) is 0 Å². The monoisotopic (exact) mass is 593 g/mol. The Morgan fingerprint density at radius 1 is 0.905 bits per heavy atom. The molecule has 0 spiro atoms. The van der Waals surface area contributed by atoms with Gasteiger partial charge in [0.2, 0.25) is 21.8 Å². The van der Waals surface area contributed by atoms with Crippen molar-refractivity contribution >= 4 is 27.5 Å². The lowest BCUT2D eigenvalue weighted by Gasteiger charge is -2.32. The summed E-state index contributed by atoms with van der Waals surface area (Å²) in [4.78, 5) is 29.1. The van der Waals surface area contributed by atoms with Crippen molar-refractivity contribution in [3.63, 3.8) is 0 Å². The highest BCUT2D eigenvalue weighted by Gasteiger charge is 2.31. The van der Waals surface area contributed by atoms with Crippen LogP contribution in [0.5, 0.6) is 5.75 Å². The average Bonchev–Trinajstić information content (AvgIpc) is 2.94. The summed E-state index contributed by atoms with van der Waals surface area (Å²) in [6.07, 6.45) is 1.83. The molecule has 0 aliphatic rings. The molecular formula is C33H43N3O5S. The maximum atomic E-state index is 13.9. The molecule has 0 aliphatic heterocycles. The molecule has 0 saturated heterocycles. The molecule has 0 bridgehead atoms. The molecule has 9 heteroatoms. The van der Waals surface area contributed by atoms with Crippen LogP contribution in [0.1, 0.15) is 50.3 Å². The number of nitrogens with one attached hydrogen (secondary N) is 1. The van der Waals surface area contributed by atoms with E-state index in [0.29, 0.717) is 24.5 Å². The average molecular weight is 594 g/mol. The first-order chi connectivity index (χ1) is 20.0. The quantitative estimate of drug-likeness (QED) is 0.264. The molecule has 3 rings (SSSR count). The molecular weight excluding hydrogens is 550 g/mol. The highest BCUT2D eigenvalue weighted by molar-refractivity contribution is 7.92. The standard InChI is InChI=1S/C33H43N3O5S/c1-6-41-31-16-11-10-15-29(31)36(42(5,39)40)22-12-17-32(37)35(24-28-20-18-26(4)19-21-28)30(33(38)34-25(2)3)23-27-13-8-7-9-14-27/h7-11,13-16,18-21,25,30H,6,12,17,22-24H2,1-5H3,(H,34,38)/t30-/m1/s1. The Labute approximate surface area is 250 Å². The van der Waals surface area contributed by atoms with Crippen LogP contribution in [0.2, 0.25) is 0 Å². The number of sulfonamides is 1. The van der Waals surface area contributed by atoms with Crippen LogP contribution in [-0.4, -0.2) is 56.6 Å². The Kier molecular flexibility index (Phi) is 12.0. The van der Waals surface area contributed by atoms with Gasteiger partial charge in [-0.25, -0.2) is 8.42 Å². The highest BCUT2D eigenvalue weighted by Crippen LogP contribution is 2.30. The summed E-state index contributed by atoms with van der Waals surface area (Å²) in [5, 5.41) is 2.99. The highest BCUT2D eigenvalue weighted by atomic mass is 32.2. The Morgan fingerprint density at radius 2 is 1.55 bits per heavy atom. The summed E-state index contributed by atoms with van der Waals surface area (Å²) in [5.74, 6) is 0.0192. The first-order valence-corrected chi connectivity index (χ1v) is 16.2. The fourth-order valence-corrected chi connectivity index (χ4v) is 5.72. The molecule has 3 aromatic rings. The second-order valence-electron chi connectivity index (χ2n) is 10.7. The molecule has 1 N–H and O–H groups in total. The summed E-state index contributed by atoms with van der Waals surface area (Å²) in [7, 11) is -3.65. The molecule has 0 aromatic heterocycles. The predicted molar refractivity (Wildman–Crippen MR) is 168 cm³/mol. The van der Waals surface area contributed by atoms with Crippen molar-refractivity contribution < 1.29 is 22.7 Å². The number of rotatable bonds is 15. The summed E-state index contributed by atoms with van der Waals surface area (Å²) < 4.78 is 32.5. The van der Waals surface area contributed by atoms with Crippen molar-refractivity contribution in [2.45, 2.75) is 65.6 Å². The smallest absolute Gasteiger partial charge is 0.243 e. The molecule has 8 nitrogen and oxygen atoms in total. The topological polar surface area (TPSA) is 96.0 Å². The summed E-state index contributed by atoms with van der Waals surface area (Å²) in [6, 6.07) is 23.7. The van der Waals surface area contributed by atoms with Gasteiger partial charge in [0.05, 0.1) is 18.6 Å². The molecule has 0 heterocycles. The maximum Gasteiger partial charge on any atom is 0.243 e. The summed E-state index contributed by atoms with van der Waals surface area (Å²) in [5.41, 5.74) is 3.39. The van der Waals surface area contributed by atoms with Gasteiger partial charge in [0.1, 0.15) is 11.8 Å². The Hall–Kier alpha value is -3.85. The van der Waals surface area contributed by atoms with Crippen LogP contribution in [0.3, 0.4) is 0 Å². The van der Waals surface area contributed by atoms with Crippen LogP contribution in [-0.2, 0) is 32.6 Å². The number of carbonyl (C=O) groups is 2. The van der Waals surface area contributed by atoms with E-state index in [4.69, 9.17) is 4.74 Å². The first-order valence-electron chi connectivity index (χ1n) is 14.4. The van der Waals surface area contributed by atoms with Gasteiger partial charge < -0.3 is 15.0 Å². The second kappa shape index (κ2) is 15.4. The SMILES string of the molecule is CCOc1ccccc1N(CCCC(=O)N(Cc1ccc(C)cc1)[C@H](Cc1ccccc1)C(=O)NC(C)C)S(C)(=O)=O. The van der Waals surface area contributed by atoms with Crippen molar-refractivity contribution in [2.24, 2.45) is 0 Å². The zero-order valence-corrected chi connectivity index (χ0v) is 26.1. The number of amides is 2. The number of aryl methyl sites for hydroxylation is 1. The number of anilines is 1. The van der Waals surface area contributed by atoms with Crippen molar-refractivity contribution in [3.05, 3.63) is 95.6 Å². The lowest BCUT2D eigenvalue weighted by atomic mass is 10.0. The molecule has 1 atom stereocenters. The van der Waals surface area contributed by atoms with Crippen molar-refractivity contribution in [3.8, 4) is 5.75 Å². The van der Waals surface area contributed by atoms with E-state index in [1.54, 1.807) is 29.2 Å². The molecule has 2 amide bonds. The third-order valence-corrected chi connectivity index (χ3v) is 7.94. The van der Waals surface area contributed by atoms with Gasteiger partial charge in [0.25, 0.3) is 0 Å². The Morgan fingerprint density at radius 3 is 2.17 bits per heavy atom. The van der Waals surface area contributed by atoms with Crippen LogP contribution in [0, 0.1) is 6.92 Å². The lowest BCUT2D eigenvalue weighted by Crippen LogP contribution is -2.51. The van der Waals surface area contributed by atoms with Crippen LogP contribution in [0.15, 0.2) is 78.9 Å². The zero-order valence-electron chi connectivity index (χ0n) is 25.2. The molecule has 0 aliphatic carbocycles. The molecule has 0 unspecified atom stereocenters. The van der Waals surface area contributed by atoms with Crippen LogP contribution in [0.4, 0.5) is 5.69 Å². The maximum absolute atomic E-state index is 13.9. The third kappa shape index (κ3) is 9.62. The molecule has 226 valence electrons. The molecule has 0 radical (unpaired) electrons. The number of hydrogen-bond acceptors (Lipinski definition) is 5. The van der Waals surface area contributed by atoms with E-state index < -0.39 is 16.1 Å². The number of nitrogens with zero attached hydrogens (tertiary/aromatic N) is 2. The molecule has 0 saturated carbocycles. The fraction of sp³-hybridized carbons (Fsp3) is 0.394. The molecule has 42 heavy (non-hydrogen) atoms. The Bertz CT molecular complexity index is 1410. The predicted octanol–water partition coefficient (Wildman–Crippen LogP) is 5.10. The summed E-state index contributed by atoms with van der Waals surface area (Å²) >= 11 is 0. The van der Waals surface area contributed by atoms with E-state index in [9.17, 15) is 18.0 Å². The van der Waals surface area contributed by atoms with Gasteiger partial charge >= 0.3 is 0 Å². The van der Waals surface area contributed by atoms with Crippen molar-refractivity contribution in [2.75, 3.05) is 23.7 Å². The minimum atomic E-state index is -3.65. The fourth-order valence-electron chi connectivity index (χ4n) is 4.75. The number of para-hydroxylation sites is 2. The van der Waals surface area contributed by atoms with Gasteiger partial charge in [-0.2, -0.15) is 0 Å².